The van der Waals surface area contributed by atoms with E-state index >= 15 is 0 Å². The van der Waals surface area contributed by atoms with Gasteiger partial charge in [-0.15, -0.1) is 0 Å². The third kappa shape index (κ3) is 9.24. The van der Waals surface area contributed by atoms with Crippen molar-refractivity contribution in [3.05, 3.63) is 6.42 Å². The second-order valence-electron chi connectivity index (χ2n) is 5.36. The maximum absolute atomic E-state index is 2.64. The molecule has 0 fully saturated rings. The van der Waals surface area contributed by atoms with E-state index in [1.807, 2.05) is 0 Å². The Labute approximate surface area is 104 Å². The van der Waals surface area contributed by atoms with Crippen molar-refractivity contribution in [1.82, 2.24) is 0 Å². The third-order valence-corrected chi connectivity index (χ3v) is 3.43. The summed E-state index contributed by atoms with van der Waals surface area (Å²) in [6, 6.07) is 0. The van der Waals surface area contributed by atoms with Gasteiger partial charge in [-0.2, -0.15) is 0 Å². The molecule has 0 aromatic rings. The van der Waals surface area contributed by atoms with E-state index in [1.165, 1.54) is 57.8 Å². The fourth-order valence-corrected chi connectivity index (χ4v) is 2.56. The predicted octanol–water partition coefficient (Wildman–Crippen LogP) is 6.01. The first-order valence-corrected chi connectivity index (χ1v) is 7.59. The summed E-state index contributed by atoms with van der Waals surface area (Å²) in [5, 5.41) is 0. The largest absolute Gasteiger partial charge is 0.0654 e. The van der Waals surface area contributed by atoms with Gasteiger partial charge in [-0.05, 0) is 18.3 Å². The zero-order valence-electron chi connectivity index (χ0n) is 12.1. The molecule has 0 saturated carbocycles. The van der Waals surface area contributed by atoms with E-state index in [4.69, 9.17) is 0 Å². The summed E-state index contributed by atoms with van der Waals surface area (Å²) in [5.41, 5.74) is 0. The minimum Gasteiger partial charge on any atom is -0.0654 e. The van der Waals surface area contributed by atoms with Crippen LogP contribution in [0.3, 0.4) is 0 Å². The highest BCUT2D eigenvalue weighted by molar-refractivity contribution is 4.81. The van der Waals surface area contributed by atoms with Gasteiger partial charge in [-0.25, -0.2) is 0 Å². The third-order valence-electron chi connectivity index (χ3n) is 3.43. The quantitative estimate of drug-likeness (QED) is 0.377. The monoisotopic (exact) mass is 225 g/mol. The van der Waals surface area contributed by atoms with E-state index in [0.717, 1.165) is 11.8 Å². The Morgan fingerprint density at radius 3 is 2.00 bits per heavy atom. The van der Waals surface area contributed by atoms with Crippen LogP contribution in [0.15, 0.2) is 0 Å². The molecule has 0 aliphatic heterocycles. The zero-order chi connectivity index (χ0) is 12.2. The van der Waals surface area contributed by atoms with Crippen molar-refractivity contribution in [3.8, 4) is 0 Å². The van der Waals surface area contributed by atoms with E-state index in [-0.39, 0.29) is 0 Å². The maximum atomic E-state index is 2.64. The molecule has 0 bridgehead atoms. The molecule has 0 heteroatoms. The topological polar surface area (TPSA) is 0 Å². The van der Waals surface area contributed by atoms with Gasteiger partial charge >= 0.3 is 0 Å². The lowest BCUT2D eigenvalue weighted by atomic mass is 9.86. The van der Waals surface area contributed by atoms with Gasteiger partial charge in [0, 0.05) is 0 Å². The molecule has 0 aromatic heterocycles. The van der Waals surface area contributed by atoms with Crippen LogP contribution in [0.5, 0.6) is 0 Å². The lowest BCUT2D eigenvalue weighted by Crippen LogP contribution is -2.08. The maximum Gasteiger partial charge on any atom is -0.0326 e. The second-order valence-corrected chi connectivity index (χ2v) is 5.36. The van der Waals surface area contributed by atoms with Gasteiger partial charge in [0.1, 0.15) is 0 Å². The van der Waals surface area contributed by atoms with Gasteiger partial charge in [0.05, 0.1) is 0 Å². The van der Waals surface area contributed by atoms with Gasteiger partial charge < -0.3 is 0 Å². The first-order valence-electron chi connectivity index (χ1n) is 7.59. The average Bonchev–Trinajstić information content (AvgIpc) is 2.25. The van der Waals surface area contributed by atoms with E-state index in [0.29, 0.717) is 0 Å². The van der Waals surface area contributed by atoms with Crippen molar-refractivity contribution in [3.63, 3.8) is 0 Å². The fraction of sp³-hybridized carbons (Fsp3) is 0.938. The molecule has 0 aliphatic rings. The van der Waals surface area contributed by atoms with Crippen LogP contribution in [-0.2, 0) is 0 Å². The minimum absolute atomic E-state index is 0.827. The minimum atomic E-state index is 0.827. The summed E-state index contributed by atoms with van der Waals surface area (Å²) in [4.78, 5) is 0. The van der Waals surface area contributed by atoms with Crippen LogP contribution in [0.4, 0.5) is 0 Å². The molecule has 0 amide bonds. The average molecular weight is 225 g/mol. The van der Waals surface area contributed by atoms with E-state index in [1.54, 1.807) is 0 Å². The van der Waals surface area contributed by atoms with E-state index in [9.17, 15) is 0 Å². The molecule has 0 aliphatic carbocycles. The SMILES string of the molecule is CCCCCCC([CH]C(C)CCC)CCC. The molecule has 0 heterocycles. The highest BCUT2D eigenvalue weighted by atomic mass is 14.2. The summed E-state index contributed by atoms with van der Waals surface area (Å²) in [7, 11) is 0. The number of hydrogen-bond donors (Lipinski definition) is 0. The van der Waals surface area contributed by atoms with Crippen molar-refractivity contribution in [2.24, 2.45) is 11.8 Å². The van der Waals surface area contributed by atoms with Gasteiger partial charge in [0.25, 0.3) is 0 Å². The highest BCUT2D eigenvalue weighted by Gasteiger charge is 2.12. The van der Waals surface area contributed by atoms with Crippen LogP contribution in [0.2, 0.25) is 0 Å². The smallest absolute Gasteiger partial charge is 0.0326 e. The van der Waals surface area contributed by atoms with Gasteiger partial charge in [0.15, 0.2) is 0 Å². The van der Waals surface area contributed by atoms with Crippen molar-refractivity contribution in [2.45, 2.75) is 85.5 Å². The van der Waals surface area contributed by atoms with E-state index in [2.05, 4.69) is 34.1 Å². The Hall–Kier alpha value is 0. The van der Waals surface area contributed by atoms with Crippen molar-refractivity contribution < 1.29 is 0 Å². The summed E-state index contributed by atoms with van der Waals surface area (Å²) in [5.74, 6) is 1.72. The Bertz CT molecular complexity index is 128. The van der Waals surface area contributed by atoms with Crippen molar-refractivity contribution in [2.75, 3.05) is 0 Å². The number of hydrogen-bond acceptors (Lipinski definition) is 0. The first-order chi connectivity index (χ1) is 7.74. The number of unbranched alkanes of at least 4 members (excludes halogenated alkanes) is 3. The second kappa shape index (κ2) is 11.5. The fourth-order valence-electron chi connectivity index (χ4n) is 2.56. The normalized spacial score (nSPS) is 15.0. The summed E-state index contributed by atoms with van der Waals surface area (Å²) >= 11 is 0. The van der Waals surface area contributed by atoms with Gasteiger partial charge in [0.2, 0.25) is 0 Å². The summed E-state index contributed by atoms with van der Waals surface area (Å²) < 4.78 is 0. The molecule has 16 heavy (non-hydrogen) atoms. The molecule has 97 valence electrons. The van der Waals surface area contributed by atoms with Crippen molar-refractivity contribution >= 4 is 0 Å². The van der Waals surface area contributed by atoms with Crippen LogP contribution in [0, 0.1) is 18.3 Å². The lowest BCUT2D eigenvalue weighted by Gasteiger charge is -2.20. The predicted molar refractivity (Wildman–Crippen MR) is 75.5 cm³/mol. The molecule has 0 N–H and O–H groups in total. The Morgan fingerprint density at radius 1 is 0.750 bits per heavy atom. The molecule has 0 saturated heterocycles. The Balaban J connectivity index is 3.68. The van der Waals surface area contributed by atoms with Crippen molar-refractivity contribution in [1.29, 1.82) is 0 Å². The first kappa shape index (κ1) is 16.0. The zero-order valence-corrected chi connectivity index (χ0v) is 12.1. The summed E-state index contributed by atoms with van der Waals surface area (Å²) in [6.45, 7) is 9.29. The van der Waals surface area contributed by atoms with Crippen LogP contribution < -0.4 is 0 Å². The molecule has 1 radical (unpaired) electrons. The number of rotatable bonds is 11. The molecule has 0 aromatic carbocycles. The van der Waals surface area contributed by atoms with Gasteiger partial charge in [-0.1, -0.05) is 85.5 Å². The molecule has 0 spiro atoms. The molecule has 2 unspecified atom stereocenters. The molecule has 2 atom stereocenters. The van der Waals surface area contributed by atoms with Crippen LogP contribution in [-0.4, -0.2) is 0 Å². The van der Waals surface area contributed by atoms with Crippen LogP contribution in [0.25, 0.3) is 0 Å². The van der Waals surface area contributed by atoms with Crippen LogP contribution in [0.1, 0.15) is 85.5 Å². The summed E-state index contributed by atoms with van der Waals surface area (Å²) in [6.07, 6.45) is 15.2. The van der Waals surface area contributed by atoms with Gasteiger partial charge in [-0.3, -0.25) is 0 Å². The lowest BCUT2D eigenvalue weighted by molar-refractivity contribution is 0.416. The van der Waals surface area contributed by atoms with Crippen LogP contribution >= 0.6 is 0 Å². The van der Waals surface area contributed by atoms with E-state index < -0.39 is 0 Å². The Kier molecular flexibility index (Phi) is 11.5. The standard InChI is InChI=1S/C16H33/c1-5-8-9-10-13-16(12-7-3)14-15(4)11-6-2/h14-16H,5-13H2,1-4H3. The molecule has 0 nitrogen and oxygen atoms in total. The molecule has 0 rings (SSSR count). The molecular formula is C16H33. The molecular weight excluding hydrogens is 192 g/mol. The highest BCUT2D eigenvalue weighted by Crippen LogP contribution is 2.24. The Morgan fingerprint density at radius 2 is 1.44 bits per heavy atom.